The molecule has 2 heterocycles. The van der Waals surface area contributed by atoms with Crippen LogP contribution < -0.4 is 15.0 Å². The van der Waals surface area contributed by atoms with Crippen LogP contribution in [0.1, 0.15) is 24.5 Å². The fourth-order valence-electron chi connectivity index (χ4n) is 4.10. The lowest BCUT2D eigenvalue weighted by Crippen LogP contribution is -3.17. The Morgan fingerprint density at radius 3 is 2.35 bits per heavy atom. The van der Waals surface area contributed by atoms with Crippen molar-refractivity contribution in [2.24, 2.45) is 0 Å². The molecule has 0 unspecified atom stereocenters. The Morgan fingerprint density at radius 2 is 1.71 bits per heavy atom. The highest BCUT2D eigenvalue weighted by atomic mass is 16.5. The minimum atomic E-state index is -0.142. The van der Waals surface area contributed by atoms with Crippen LogP contribution in [-0.4, -0.2) is 47.9 Å². The van der Waals surface area contributed by atoms with Gasteiger partial charge in [-0.05, 0) is 35.7 Å². The highest BCUT2D eigenvalue weighted by Crippen LogP contribution is 2.21. The molecule has 3 aromatic rings. The molecule has 0 radical (unpaired) electrons. The third-order valence-corrected chi connectivity index (χ3v) is 5.95. The van der Waals surface area contributed by atoms with E-state index in [0.717, 1.165) is 49.6 Å². The van der Waals surface area contributed by atoms with Gasteiger partial charge in [-0.1, -0.05) is 42.5 Å². The zero-order valence-electron chi connectivity index (χ0n) is 19.5. The summed E-state index contributed by atoms with van der Waals surface area (Å²) in [5.74, 6) is 1.28. The summed E-state index contributed by atoms with van der Waals surface area (Å²) >= 11 is 0. The number of aryl methyl sites for hydroxylation is 1. The van der Waals surface area contributed by atoms with Gasteiger partial charge in [0.2, 0.25) is 11.8 Å². The summed E-state index contributed by atoms with van der Waals surface area (Å²) in [7, 11) is 0. The topological polar surface area (TPSA) is 76.0 Å². The van der Waals surface area contributed by atoms with E-state index in [1.54, 1.807) is 18.3 Å². The summed E-state index contributed by atoms with van der Waals surface area (Å²) in [5.41, 5.74) is 3.05. The molecule has 0 aliphatic carbocycles. The second-order valence-corrected chi connectivity index (χ2v) is 8.60. The molecule has 2 amide bonds. The first-order chi connectivity index (χ1) is 16.5. The molecule has 2 aromatic carbocycles. The molecule has 1 aliphatic rings. The predicted molar refractivity (Wildman–Crippen MR) is 131 cm³/mol. The first-order valence-electron chi connectivity index (χ1n) is 11.7. The van der Waals surface area contributed by atoms with Gasteiger partial charge in [0, 0.05) is 32.6 Å². The van der Waals surface area contributed by atoms with Gasteiger partial charge in [0.25, 0.3) is 0 Å². The van der Waals surface area contributed by atoms with Crippen LogP contribution in [0, 0.1) is 0 Å². The number of benzene rings is 2. The molecule has 176 valence electrons. The van der Waals surface area contributed by atoms with Crippen molar-refractivity contribution in [3.63, 3.8) is 0 Å². The Balaban J connectivity index is 1.20. The monoisotopic (exact) mass is 459 g/mol. The van der Waals surface area contributed by atoms with E-state index in [-0.39, 0.29) is 5.91 Å². The quantitative estimate of drug-likeness (QED) is 0.542. The van der Waals surface area contributed by atoms with E-state index in [2.05, 4.69) is 39.5 Å². The van der Waals surface area contributed by atoms with Crippen LogP contribution in [0.5, 0.6) is 11.6 Å². The molecular formula is C27H31N4O3+. The van der Waals surface area contributed by atoms with Crippen molar-refractivity contribution in [3.8, 4) is 11.6 Å². The van der Waals surface area contributed by atoms with Gasteiger partial charge in [-0.2, -0.15) is 0 Å². The van der Waals surface area contributed by atoms with E-state index in [9.17, 15) is 9.59 Å². The summed E-state index contributed by atoms with van der Waals surface area (Å²) in [5, 5.41) is 2.67. The number of amides is 2. The molecular weight excluding hydrogens is 428 g/mol. The average Bonchev–Trinajstić information content (AvgIpc) is 2.85. The smallest absolute Gasteiger partial charge is 0.312 e. The fourth-order valence-corrected chi connectivity index (χ4v) is 4.10. The van der Waals surface area contributed by atoms with Crippen LogP contribution in [0.3, 0.4) is 0 Å². The highest BCUT2D eigenvalue weighted by molar-refractivity contribution is 5.88. The Morgan fingerprint density at radius 1 is 0.971 bits per heavy atom. The normalized spacial score (nSPS) is 14.5. The number of ether oxygens (including phenoxy) is 1. The molecule has 1 aliphatic heterocycles. The minimum absolute atomic E-state index is 0.142. The van der Waals surface area contributed by atoms with Crippen molar-refractivity contribution in [1.29, 1.82) is 0 Å². The largest absolute Gasteiger partial charge is 0.439 e. The average molecular weight is 460 g/mol. The van der Waals surface area contributed by atoms with Gasteiger partial charge in [-0.25, -0.2) is 9.78 Å². The van der Waals surface area contributed by atoms with Gasteiger partial charge in [0.05, 0.1) is 31.4 Å². The van der Waals surface area contributed by atoms with Crippen molar-refractivity contribution in [3.05, 3.63) is 84.1 Å². The molecule has 34 heavy (non-hydrogen) atoms. The van der Waals surface area contributed by atoms with Gasteiger partial charge in [-0.15, -0.1) is 0 Å². The Kier molecular flexibility index (Phi) is 8.01. The standard InChI is InChI=1S/C27H30N4O3/c1-21(32)29-24-10-13-26(28-19-24)34-25-11-7-22(8-12-25)9-14-27(33)31-17-15-30(16-18-31)20-23-5-3-2-4-6-23/h2-8,10-13,19H,9,14-18,20H2,1H3,(H,29,32)/p+1. The van der Waals surface area contributed by atoms with Gasteiger partial charge in [0.1, 0.15) is 5.75 Å². The van der Waals surface area contributed by atoms with E-state index in [0.29, 0.717) is 29.6 Å². The Bertz CT molecular complexity index is 1080. The lowest BCUT2D eigenvalue weighted by molar-refractivity contribution is -0.826. The number of hydrogen-bond donors (Lipinski definition) is 2. The molecule has 7 nitrogen and oxygen atoms in total. The SMILES string of the molecule is CC(=O)Nc1ccc(Oc2ccc(CCC(=O)[NH+]3CCN(Cc4ccccc4)CC3)cc2)nc1. The maximum atomic E-state index is 12.7. The molecule has 1 fully saturated rings. The summed E-state index contributed by atoms with van der Waals surface area (Å²) in [6, 6.07) is 21.7. The molecule has 7 heteroatoms. The molecule has 0 saturated carbocycles. The maximum absolute atomic E-state index is 12.7. The Hall–Kier alpha value is -3.55. The van der Waals surface area contributed by atoms with Crippen LogP contribution in [0.15, 0.2) is 72.9 Å². The highest BCUT2D eigenvalue weighted by Gasteiger charge is 2.25. The number of rotatable bonds is 8. The molecule has 0 bridgehead atoms. The van der Waals surface area contributed by atoms with Crippen LogP contribution in [0.2, 0.25) is 0 Å². The Labute approximate surface area is 200 Å². The van der Waals surface area contributed by atoms with Gasteiger partial charge in [0.15, 0.2) is 0 Å². The number of pyridine rings is 1. The van der Waals surface area contributed by atoms with Crippen molar-refractivity contribution in [2.45, 2.75) is 26.3 Å². The van der Waals surface area contributed by atoms with E-state index >= 15 is 0 Å². The summed E-state index contributed by atoms with van der Waals surface area (Å²) < 4.78 is 5.77. The van der Waals surface area contributed by atoms with Crippen LogP contribution in [0.25, 0.3) is 0 Å². The zero-order valence-corrected chi connectivity index (χ0v) is 19.5. The fraction of sp³-hybridized carbons (Fsp3) is 0.296. The lowest BCUT2D eigenvalue weighted by atomic mass is 10.1. The number of quaternary nitrogens is 1. The third kappa shape index (κ3) is 6.97. The molecule has 1 aromatic heterocycles. The van der Waals surface area contributed by atoms with Crippen LogP contribution >= 0.6 is 0 Å². The maximum Gasteiger partial charge on any atom is 0.312 e. The first-order valence-corrected chi connectivity index (χ1v) is 11.7. The number of carbonyl (C=O) groups excluding carboxylic acids is 2. The van der Waals surface area contributed by atoms with Crippen molar-refractivity contribution in [2.75, 3.05) is 31.5 Å². The first kappa shape index (κ1) is 23.6. The van der Waals surface area contributed by atoms with E-state index < -0.39 is 0 Å². The van der Waals surface area contributed by atoms with Crippen molar-refractivity contribution >= 4 is 17.5 Å². The number of piperazine rings is 1. The number of hydrogen-bond acceptors (Lipinski definition) is 5. The molecule has 1 saturated heterocycles. The van der Waals surface area contributed by atoms with Crippen LogP contribution in [0.4, 0.5) is 5.69 Å². The minimum Gasteiger partial charge on any atom is -0.439 e. The summed E-state index contributed by atoms with van der Waals surface area (Å²) in [4.78, 5) is 31.5. The number of carbonyl (C=O) groups is 2. The van der Waals surface area contributed by atoms with Gasteiger partial charge < -0.3 is 10.1 Å². The molecule has 4 rings (SSSR count). The second-order valence-electron chi connectivity index (χ2n) is 8.60. The number of nitrogens with zero attached hydrogens (tertiary/aromatic N) is 2. The van der Waals surface area contributed by atoms with Crippen molar-refractivity contribution in [1.82, 2.24) is 9.88 Å². The molecule has 0 atom stereocenters. The predicted octanol–water partition coefficient (Wildman–Crippen LogP) is 2.69. The van der Waals surface area contributed by atoms with E-state index in [1.807, 2.05) is 30.3 Å². The van der Waals surface area contributed by atoms with Crippen LogP contribution in [-0.2, 0) is 22.6 Å². The number of aromatic nitrogens is 1. The third-order valence-electron chi connectivity index (χ3n) is 5.95. The lowest BCUT2D eigenvalue weighted by Gasteiger charge is -2.30. The summed E-state index contributed by atoms with van der Waals surface area (Å²) in [6.45, 7) is 6.03. The van der Waals surface area contributed by atoms with Gasteiger partial charge >= 0.3 is 5.91 Å². The number of nitrogens with one attached hydrogen (secondary N) is 2. The zero-order chi connectivity index (χ0) is 23.8. The van der Waals surface area contributed by atoms with Gasteiger partial charge in [-0.3, -0.25) is 14.6 Å². The van der Waals surface area contributed by atoms with Crippen molar-refractivity contribution < 1.29 is 19.2 Å². The number of anilines is 1. The molecule has 0 spiro atoms. The van der Waals surface area contributed by atoms with E-state index in [1.165, 1.54) is 12.5 Å². The second kappa shape index (κ2) is 11.5. The molecule has 2 N–H and O–H groups in total. The summed E-state index contributed by atoms with van der Waals surface area (Å²) in [6.07, 6.45) is 2.82. The van der Waals surface area contributed by atoms with E-state index in [4.69, 9.17) is 4.74 Å².